The quantitative estimate of drug-likeness (QED) is 0.785. The van der Waals surface area contributed by atoms with Crippen LogP contribution in [0.2, 0.25) is 0 Å². The van der Waals surface area contributed by atoms with Gasteiger partial charge in [-0.15, -0.1) is 0 Å². The summed E-state index contributed by atoms with van der Waals surface area (Å²) in [6, 6.07) is 13.8. The fourth-order valence-electron chi connectivity index (χ4n) is 3.45. The van der Waals surface area contributed by atoms with Crippen LogP contribution in [0.25, 0.3) is 11.1 Å². The molecule has 0 unspecified atom stereocenters. The van der Waals surface area contributed by atoms with Crippen LogP contribution >= 0.6 is 0 Å². The number of aromatic amines is 1. The van der Waals surface area contributed by atoms with Crippen LogP contribution in [0.5, 0.6) is 0 Å². The van der Waals surface area contributed by atoms with Crippen molar-refractivity contribution in [1.29, 1.82) is 0 Å². The average Bonchev–Trinajstić information content (AvgIpc) is 3.23. The Labute approximate surface area is 150 Å². The number of piperidine rings is 1. The Morgan fingerprint density at radius 2 is 2.00 bits per heavy atom. The van der Waals surface area contributed by atoms with Gasteiger partial charge in [-0.3, -0.25) is 9.89 Å². The van der Waals surface area contributed by atoms with E-state index in [1.165, 1.54) is 18.5 Å². The summed E-state index contributed by atoms with van der Waals surface area (Å²) in [6.07, 6.45) is 3.44. The summed E-state index contributed by atoms with van der Waals surface area (Å²) in [7, 11) is 0. The summed E-state index contributed by atoms with van der Waals surface area (Å²) in [5.41, 5.74) is 2.43. The van der Waals surface area contributed by atoms with Crippen LogP contribution in [0.4, 0.5) is 4.39 Å². The van der Waals surface area contributed by atoms with Crippen molar-refractivity contribution in [3.63, 3.8) is 0 Å². The first-order valence-electron chi connectivity index (χ1n) is 8.71. The Hall–Kier alpha value is -3.02. The summed E-state index contributed by atoms with van der Waals surface area (Å²) in [5.74, 6) is 0.768. The Morgan fingerprint density at radius 1 is 1.15 bits per heavy atom. The van der Waals surface area contributed by atoms with Crippen molar-refractivity contribution >= 4 is 5.91 Å². The summed E-state index contributed by atoms with van der Waals surface area (Å²) < 4.78 is 13.1. The number of carbonyl (C=O) groups excluding carboxylic acids is 1. The average molecular weight is 350 g/mol. The minimum absolute atomic E-state index is 0.0122. The van der Waals surface area contributed by atoms with Gasteiger partial charge in [0.15, 0.2) is 0 Å². The van der Waals surface area contributed by atoms with Crippen molar-refractivity contribution in [2.24, 2.45) is 0 Å². The summed E-state index contributed by atoms with van der Waals surface area (Å²) in [6.45, 7) is 1.37. The first-order chi connectivity index (χ1) is 12.7. The van der Waals surface area contributed by atoms with E-state index >= 15 is 0 Å². The molecular formula is C20H19FN4O. The van der Waals surface area contributed by atoms with Gasteiger partial charge in [0.05, 0.1) is 0 Å². The van der Waals surface area contributed by atoms with Gasteiger partial charge < -0.3 is 4.90 Å². The first kappa shape index (κ1) is 16.4. The minimum atomic E-state index is -0.271. The SMILES string of the molecule is O=C(c1cccc(-c2ccc(F)cc2)c1)N1CCC[C@H](c2ncn[nH]2)C1. The second kappa shape index (κ2) is 7.07. The molecule has 1 N–H and O–H groups in total. The zero-order valence-electron chi connectivity index (χ0n) is 14.2. The van der Waals surface area contributed by atoms with Crippen LogP contribution in [0, 0.1) is 5.82 Å². The van der Waals surface area contributed by atoms with E-state index in [9.17, 15) is 9.18 Å². The Bertz CT molecular complexity index is 892. The van der Waals surface area contributed by atoms with Crippen LogP contribution in [0.1, 0.15) is 34.9 Å². The third kappa shape index (κ3) is 3.35. The van der Waals surface area contributed by atoms with Gasteiger partial charge in [-0.25, -0.2) is 9.37 Å². The molecule has 1 fully saturated rings. The summed E-state index contributed by atoms with van der Waals surface area (Å²) >= 11 is 0. The molecule has 0 radical (unpaired) electrons. The normalized spacial score (nSPS) is 17.3. The van der Waals surface area contributed by atoms with Crippen molar-refractivity contribution in [1.82, 2.24) is 20.1 Å². The van der Waals surface area contributed by atoms with Gasteiger partial charge >= 0.3 is 0 Å². The molecule has 2 heterocycles. The Morgan fingerprint density at radius 3 is 2.77 bits per heavy atom. The lowest BCUT2D eigenvalue weighted by atomic mass is 9.96. The minimum Gasteiger partial charge on any atom is -0.338 e. The number of hydrogen-bond donors (Lipinski definition) is 1. The molecule has 1 atom stereocenters. The zero-order valence-corrected chi connectivity index (χ0v) is 14.2. The smallest absolute Gasteiger partial charge is 0.253 e. The predicted molar refractivity (Wildman–Crippen MR) is 96.1 cm³/mol. The number of rotatable bonds is 3. The van der Waals surface area contributed by atoms with E-state index in [1.54, 1.807) is 12.1 Å². The molecule has 0 saturated carbocycles. The monoisotopic (exact) mass is 350 g/mol. The number of nitrogens with one attached hydrogen (secondary N) is 1. The number of amides is 1. The molecule has 1 amide bonds. The molecule has 1 aliphatic rings. The van der Waals surface area contributed by atoms with Crippen molar-refractivity contribution in [2.75, 3.05) is 13.1 Å². The van der Waals surface area contributed by atoms with Gasteiger partial charge in [0, 0.05) is 24.6 Å². The third-order valence-corrected chi connectivity index (χ3v) is 4.82. The number of likely N-dealkylation sites (tertiary alicyclic amines) is 1. The second-order valence-electron chi connectivity index (χ2n) is 6.55. The van der Waals surface area contributed by atoms with Gasteiger partial charge in [-0.1, -0.05) is 24.3 Å². The molecule has 132 valence electrons. The molecule has 26 heavy (non-hydrogen) atoms. The van der Waals surface area contributed by atoms with Crippen LogP contribution in [0.15, 0.2) is 54.9 Å². The van der Waals surface area contributed by atoms with E-state index in [2.05, 4.69) is 15.2 Å². The lowest BCUT2D eigenvalue weighted by Crippen LogP contribution is -2.39. The molecule has 1 aromatic heterocycles. The van der Waals surface area contributed by atoms with Crippen molar-refractivity contribution in [2.45, 2.75) is 18.8 Å². The summed E-state index contributed by atoms with van der Waals surface area (Å²) in [4.78, 5) is 19.1. The van der Waals surface area contributed by atoms with Crippen LogP contribution in [0.3, 0.4) is 0 Å². The highest BCUT2D eigenvalue weighted by Gasteiger charge is 2.27. The van der Waals surface area contributed by atoms with E-state index in [1.807, 2.05) is 29.2 Å². The molecule has 0 bridgehead atoms. The second-order valence-corrected chi connectivity index (χ2v) is 6.55. The highest BCUT2D eigenvalue weighted by Crippen LogP contribution is 2.26. The molecule has 0 spiro atoms. The van der Waals surface area contributed by atoms with Crippen LogP contribution in [-0.2, 0) is 0 Å². The van der Waals surface area contributed by atoms with Crippen molar-refractivity contribution in [3.05, 3.63) is 72.1 Å². The maximum absolute atomic E-state index is 13.1. The number of carbonyl (C=O) groups is 1. The molecule has 2 aromatic carbocycles. The molecule has 1 saturated heterocycles. The number of nitrogens with zero attached hydrogens (tertiary/aromatic N) is 3. The fraction of sp³-hybridized carbons (Fsp3) is 0.250. The van der Waals surface area contributed by atoms with E-state index < -0.39 is 0 Å². The molecule has 0 aliphatic carbocycles. The van der Waals surface area contributed by atoms with E-state index in [-0.39, 0.29) is 17.6 Å². The first-order valence-corrected chi connectivity index (χ1v) is 8.71. The molecule has 4 rings (SSSR count). The highest BCUT2D eigenvalue weighted by molar-refractivity contribution is 5.95. The van der Waals surface area contributed by atoms with E-state index in [0.29, 0.717) is 12.1 Å². The molecule has 3 aromatic rings. The molecule has 5 nitrogen and oxygen atoms in total. The summed E-state index contributed by atoms with van der Waals surface area (Å²) in [5, 5.41) is 6.82. The van der Waals surface area contributed by atoms with E-state index in [0.717, 1.165) is 36.3 Å². The van der Waals surface area contributed by atoms with Crippen molar-refractivity contribution < 1.29 is 9.18 Å². The number of hydrogen-bond acceptors (Lipinski definition) is 3. The van der Waals surface area contributed by atoms with Crippen LogP contribution in [-0.4, -0.2) is 39.1 Å². The Kier molecular flexibility index (Phi) is 4.48. The fourth-order valence-corrected chi connectivity index (χ4v) is 3.45. The predicted octanol–water partition coefficient (Wildman–Crippen LogP) is 3.63. The lowest BCUT2D eigenvalue weighted by molar-refractivity contribution is 0.0704. The van der Waals surface area contributed by atoms with Gasteiger partial charge in [0.25, 0.3) is 5.91 Å². The number of H-pyrrole nitrogens is 1. The lowest BCUT2D eigenvalue weighted by Gasteiger charge is -2.31. The number of aromatic nitrogens is 3. The maximum atomic E-state index is 13.1. The third-order valence-electron chi connectivity index (χ3n) is 4.82. The highest BCUT2D eigenvalue weighted by atomic mass is 19.1. The largest absolute Gasteiger partial charge is 0.338 e. The van der Waals surface area contributed by atoms with Crippen LogP contribution < -0.4 is 0 Å². The van der Waals surface area contributed by atoms with Crippen molar-refractivity contribution in [3.8, 4) is 11.1 Å². The number of benzene rings is 2. The number of halogens is 1. The molecular weight excluding hydrogens is 331 g/mol. The standard InChI is InChI=1S/C20H19FN4O/c21-18-8-6-14(7-9-18)15-3-1-4-16(11-15)20(26)25-10-2-5-17(12-25)19-22-13-23-24-19/h1,3-4,6-9,11,13,17H,2,5,10,12H2,(H,22,23,24)/t17-/m0/s1. The zero-order chi connectivity index (χ0) is 17.9. The topological polar surface area (TPSA) is 61.9 Å². The Balaban J connectivity index is 1.54. The maximum Gasteiger partial charge on any atom is 0.253 e. The van der Waals surface area contributed by atoms with Gasteiger partial charge in [0.2, 0.25) is 0 Å². The molecule has 1 aliphatic heterocycles. The van der Waals surface area contributed by atoms with E-state index in [4.69, 9.17) is 0 Å². The van der Waals surface area contributed by atoms with Gasteiger partial charge in [-0.05, 0) is 48.2 Å². The molecule has 6 heteroatoms. The van der Waals surface area contributed by atoms with Gasteiger partial charge in [0.1, 0.15) is 18.0 Å². The van der Waals surface area contributed by atoms with Gasteiger partial charge in [-0.2, -0.15) is 5.10 Å².